The minimum Gasteiger partial charge on any atom is -0.461 e. The molecule has 28 heavy (non-hydrogen) atoms. The average molecular weight is 380 g/mol. The largest absolute Gasteiger partial charge is 0.461 e. The number of esters is 1. The van der Waals surface area contributed by atoms with E-state index in [1.54, 1.807) is 12.0 Å². The van der Waals surface area contributed by atoms with Crippen molar-refractivity contribution in [2.75, 3.05) is 32.3 Å². The van der Waals surface area contributed by atoms with E-state index in [1.165, 1.54) is 0 Å². The first kappa shape index (κ1) is 16.7. The molecule has 3 heterocycles. The van der Waals surface area contributed by atoms with Gasteiger partial charge in [-0.05, 0) is 31.0 Å². The highest BCUT2D eigenvalue weighted by molar-refractivity contribution is 6.10. The van der Waals surface area contributed by atoms with Crippen molar-refractivity contribution in [1.82, 2.24) is 4.90 Å². The molecule has 1 aromatic rings. The van der Waals surface area contributed by atoms with Gasteiger partial charge in [0, 0.05) is 31.0 Å². The quantitative estimate of drug-likeness (QED) is 0.588. The number of ether oxygens (including phenoxy) is 2. The second-order valence-corrected chi connectivity index (χ2v) is 9.03. The Labute approximate surface area is 164 Å². The molecule has 0 N–H and O–H groups in total. The number of fused-ring (bicyclic) bond motifs is 5. The van der Waals surface area contributed by atoms with Crippen molar-refractivity contribution >= 4 is 17.6 Å². The number of carbonyl (C=O) groups excluding carboxylic acids is 2. The van der Waals surface area contributed by atoms with E-state index in [-0.39, 0.29) is 47.8 Å². The van der Waals surface area contributed by atoms with Crippen LogP contribution in [0.1, 0.15) is 12.0 Å². The molecule has 0 radical (unpaired) electrons. The Morgan fingerprint density at radius 1 is 1.36 bits per heavy atom. The number of amides is 1. The minimum atomic E-state index is -0.865. The van der Waals surface area contributed by atoms with E-state index >= 15 is 0 Å². The number of hydrogen-bond donors (Lipinski definition) is 0. The summed E-state index contributed by atoms with van der Waals surface area (Å²) in [5, 5.41) is 0. The number of piperidine rings is 1. The summed E-state index contributed by atoms with van der Waals surface area (Å²) in [7, 11) is 3.67. The van der Waals surface area contributed by atoms with Crippen molar-refractivity contribution in [1.29, 1.82) is 0 Å². The lowest BCUT2D eigenvalue weighted by Gasteiger charge is -2.54. The molecule has 6 heteroatoms. The SMILES string of the molecule is C=CC12CN(C)C3C4C(=O)OC(CC41)C1(C(=O)N(COC)c4ccccc41)C32. The van der Waals surface area contributed by atoms with E-state index in [0.29, 0.717) is 0 Å². The molecule has 2 aliphatic carbocycles. The van der Waals surface area contributed by atoms with Crippen LogP contribution in [0.4, 0.5) is 5.69 Å². The van der Waals surface area contributed by atoms with Crippen molar-refractivity contribution < 1.29 is 19.1 Å². The molecule has 1 aromatic carbocycles. The van der Waals surface area contributed by atoms with Gasteiger partial charge >= 0.3 is 5.97 Å². The summed E-state index contributed by atoms with van der Waals surface area (Å²) in [4.78, 5) is 31.1. The van der Waals surface area contributed by atoms with Crippen LogP contribution in [0.3, 0.4) is 0 Å². The molecule has 5 bridgehead atoms. The van der Waals surface area contributed by atoms with Crippen molar-refractivity contribution in [3.05, 3.63) is 42.5 Å². The molecular formula is C22H24N2O4. The lowest BCUT2D eigenvalue weighted by molar-refractivity contribution is -0.182. The molecule has 6 rings (SSSR count). The highest BCUT2D eigenvalue weighted by Gasteiger charge is 2.82. The number of hydrogen-bond acceptors (Lipinski definition) is 5. The Hall–Kier alpha value is -2.18. The van der Waals surface area contributed by atoms with Crippen LogP contribution < -0.4 is 4.90 Å². The van der Waals surface area contributed by atoms with Crippen LogP contribution in [0.2, 0.25) is 0 Å². The maximum Gasteiger partial charge on any atom is 0.311 e. The Morgan fingerprint density at radius 2 is 2.14 bits per heavy atom. The standard InChI is InChI=1S/C22H24N2O4/c1-4-21-10-23(2)17-16-13(21)9-15(28-19(16)25)22(18(17)21)12-7-5-6-8-14(12)24(11-27-3)20(22)26/h4-8,13,15-18H,1,9-11H2,2-3H3. The number of anilines is 1. The highest BCUT2D eigenvalue weighted by Crippen LogP contribution is 2.74. The van der Waals surface area contributed by atoms with Crippen LogP contribution in [0.5, 0.6) is 0 Å². The van der Waals surface area contributed by atoms with Gasteiger partial charge in [-0.3, -0.25) is 14.5 Å². The number of benzene rings is 1. The summed E-state index contributed by atoms with van der Waals surface area (Å²) < 4.78 is 11.4. The Morgan fingerprint density at radius 3 is 2.89 bits per heavy atom. The van der Waals surface area contributed by atoms with Gasteiger partial charge in [-0.1, -0.05) is 24.3 Å². The highest BCUT2D eigenvalue weighted by atomic mass is 16.5. The van der Waals surface area contributed by atoms with Gasteiger partial charge in [0.2, 0.25) is 5.91 Å². The smallest absolute Gasteiger partial charge is 0.311 e. The van der Waals surface area contributed by atoms with E-state index in [2.05, 4.69) is 18.5 Å². The maximum absolute atomic E-state index is 14.1. The van der Waals surface area contributed by atoms with Crippen molar-refractivity contribution in [2.24, 2.45) is 23.2 Å². The van der Waals surface area contributed by atoms with E-state index in [0.717, 1.165) is 24.2 Å². The van der Waals surface area contributed by atoms with Crippen LogP contribution in [0.25, 0.3) is 0 Å². The molecule has 7 atom stereocenters. The second kappa shape index (κ2) is 5.05. The van der Waals surface area contributed by atoms with Crippen molar-refractivity contribution in [2.45, 2.75) is 24.0 Å². The molecule has 0 aromatic heterocycles. The third-order valence-corrected chi connectivity index (χ3v) is 8.32. The molecule has 1 amide bonds. The van der Waals surface area contributed by atoms with Crippen LogP contribution in [0, 0.1) is 23.2 Å². The van der Waals surface area contributed by atoms with E-state index in [4.69, 9.17) is 9.47 Å². The molecule has 146 valence electrons. The third kappa shape index (κ3) is 1.47. The van der Waals surface area contributed by atoms with Gasteiger partial charge in [0.1, 0.15) is 18.2 Å². The monoisotopic (exact) mass is 380 g/mol. The second-order valence-electron chi connectivity index (χ2n) is 9.03. The predicted molar refractivity (Wildman–Crippen MR) is 101 cm³/mol. The number of para-hydroxylation sites is 1. The van der Waals surface area contributed by atoms with Crippen LogP contribution >= 0.6 is 0 Å². The molecule has 1 spiro atoms. The van der Waals surface area contributed by atoms with Crippen molar-refractivity contribution in [3.63, 3.8) is 0 Å². The molecule has 5 aliphatic rings. The maximum atomic E-state index is 14.1. The lowest BCUT2D eigenvalue weighted by Crippen LogP contribution is -2.63. The Balaban J connectivity index is 1.67. The summed E-state index contributed by atoms with van der Waals surface area (Å²) in [6.07, 6.45) is 2.35. The van der Waals surface area contributed by atoms with Crippen LogP contribution in [-0.2, 0) is 24.5 Å². The summed E-state index contributed by atoms with van der Waals surface area (Å²) >= 11 is 0. The Bertz CT molecular complexity index is 931. The fourth-order valence-electron chi connectivity index (χ4n) is 7.67. The first-order valence-electron chi connectivity index (χ1n) is 9.97. The summed E-state index contributed by atoms with van der Waals surface area (Å²) in [6.45, 7) is 5.24. The molecule has 2 saturated carbocycles. The van der Waals surface area contributed by atoms with Gasteiger partial charge in [-0.15, -0.1) is 6.58 Å². The summed E-state index contributed by atoms with van der Waals surface area (Å²) in [5.74, 6) is -0.110. The van der Waals surface area contributed by atoms with Gasteiger partial charge in [0.15, 0.2) is 0 Å². The molecule has 3 aliphatic heterocycles. The summed E-state index contributed by atoms with van der Waals surface area (Å²) in [6, 6.07) is 7.94. The number of methoxy groups -OCH3 is 1. The number of carbonyl (C=O) groups is 2. The zero-order valence-corrected chi connectivity index (χ0v) is 16.1. The fourth-order valence-corrected chi connectivity index (χ4v) is 7.67. The summed E-state index contributed by atoms with van der Waals surface area (Å²) in [5.41, 5.74) is 0.745. The van der Waals surface area contributed by atoms with Crippen LogP contribution in [0.15, 0.2) is 36.9 Å². The van der Waals surface area contributed by atoms with Gasteiger partial charge in [-0.2, -0.15) is 0 Å². The molecular weight excluding hydrogens is 356 g/mol. The predicted octanol–water partition coefficient (Wildman–Crippen LogP) is 1.55. The fraction of sp³-hybridized carbons (Fsp3) is 0.545. The van der Waals surface area contributed by atoms with E-state index < -0.39 is 11.5 Å². The van der Waals surface area contributed by atoms with Gasteiger partial charge in [-0.25, -0.2) is 0 Å². The van der Waals surface area contributed by atoms with Crippen molar-refractivity contribution in [3.8, 4) is 0 Å². The normalized spacial score (nSPS) is 45.1. The molecule has 4 fully saturated rings. The third-order valence-electron chi connectivity index (χ3n) is 8.32. The van der Waals surface area contributed by atoms with Gasteiger partial charge in [0.25, 0.3) is 0 Å². The molecule has 2 saturated heterocycles. The number of likely N-dealkylation sites (tertiary alicyclic amines) is 1. The average Bonchev–Trinajstić information content (AvgIpc) is 3.16. The molecule has 6 nitrogen and oxygen atoms in total. The Kier molecular flexibility index (Phi) is 3.02. The topological polar surface area (TPSA) is 59.1 Å². The zero-order chi connectivity index (χ0) is 19.4. The van der Waals surface area contributed by atoms with Gasteiger partial charge < -0.3 is 14.4 Å². The minimum absolute atomic E-state index is 0.00232. The molecule has 7 unspecified atom stereocenters. The van der Waals surface area contributed by atoms with E-state index in [1.807, 2.05) is 30.3 Å². The number of rotatable bonds is 3. The zero-order valence-electron chi connectivity index (χ0n) is 16.1. The van der Waals surface area contributed by atoms with Gasteiger partial charge in [0.05, 0.1) is 11.6 Å². The first-order valence-corrected chi connectivity index (χ1v) is 9.97. The number of nitrogens with zero attached hydrogens (tertiary/aromatic N) is 2. The van der Waals surface area contributed by atoms with Crippen LogP contribution in [-0.4, -0.2) is 56.4 Å². The lowest BCUT2D eigenvalue weighted by atomic mass is 9.51. The first-order chi connectivity index (χ1) is 13.5. The van der Waals surface area contributed by atoms with E-state index in [9.17, 15) is 9.59 Å².